The molecule has 0 unspecified atom stereocenters. The standard InChI is InChI=1S/C21H15N7O3S/c29-21(27-24-12-14-5-3-6-15(11-14)28(30)31)19(18-9-4-10-32-18)25-26-20-16-7-1-2-8-17(16)22-13-23-20/h1-13H,(H,27,29)(H,22,23,26). The maximum Gasteiger partial charge on any atom is 0.293 e. The van der Waals surface area contributed by atoms with E-state index in [0.29, 0.717) is 16.3 Å². The molecule has 2 N–H and O–H groups in total. The predicted molar refractivity (Wildman–Crippen MR) is 123 cm³/mol. The molecule has 0 saturated carbocycles. The van der Waals surface area contributed by atoms with Gasteiger partial charge in [-0.1, -0.05) is 30.3 Å². The second-order valence-electron chi connectivity index (χ2n) is 6.34. The van der Waals surface area contributed by atoms with Gasteiger partial charge in [0.2, 0.25) is 0 Å². The minimum atomic E-state index is -0.556. The minimum Gasteiger partial charge on any atom is -0.265 e. The Morgan fingerprint density at radius 2 is 1.97 bits per heavy atom. The molecule has 158 valence electrons. The Hall–Kier alpha value is -4.51. The molecule has 1 amide bonds. The largest absolute Gasteiger partial charge is 0.293 e. The molecule has 32 heavy (non-hydrogen) atoms. The van der Waals surface area contributed by atoms with E-state index in [4.69, 9.17) is 0 Å². The third kappa shape index (κ3) is 4.79. The normalized spacial score (nSPS) is 11.6. The molecule has 2 aromatic carbocycles. The molecule has 0 bridgehead atoms. The van der Waals surface area contributed by atoms with Gasteiger partial charge in [0.1, 0.15) is 6.33 Å². The van der Waals surface area contributed by atoms with E-state index in [2.05, 4.69) is 31.0 Å². The van der Waals surface area contributed by atoms with Crippen LogP contribution in [-0.4, -0.2) is 32.7 Å². The van der Waals surface area contributed by atoms with Crippen LogP contribution in [0.4, 0.5) is 11.5 Å². The lowest BCUT2D eigenvalue weighted by Crippen LogP contribution is -2.28. The average molecular weight is 445 g/mol. The molecule has 0 atom stereocenters. The van der Waals surface area contributed by atoms with Crippen LogP contribution in [0.15, 0.2) is 82.6 Å². The number of hydrazone groups is 2. The van der Waals surface area contributed by atoms with E-state index in [9.17, 15) is 14.9 Å². The summed E-state index contributed by atoms with van der Waals surface area (Å²) in [6, 6.07) is 16.9. The van der Waals surface area contributed by atoms with Crippen LogP contribution in [0.1, 0.15) is 10.4 Å². The molecule has 0 aliphatic rings. The highest BCUT2D eigenvalue weighted by atomic mass is 32.1. The molecule has 4 aromatic rings. The molecule has 2 aromatic heterocycles. The van der Waals surface area contributed by atoms with Gasteiger partial charge in [0.25, 0.3) is 11.6 Å². The first-order chi connectivity index (χ1) is 15.6. The Morgan fingerprint density at radius 3 is 2.78 bits per heavy atom. The van der Waals surface area contributed by atoms with Gasteiger partial charge in [0.15, 0.2) is 11.5 Å². The summed E-state index contributed by atoms with van der Waals surface area (Å²) in [6.07, 6.45) is 2.73. The number of benzene rings is 2. The van der Waals surface area contributed by atoms with Crippen LogP contribution < -0.4 is 10.9 Å². The Bertz CT molecular complexity index is 1330. The fourth-order valence-electron chi connectivity index (χ4n) is 2.77. The third-order valence-corrected chi connectivity index (χ3v) is 5.12. The molecule has 2 heterocycles. The summed E-state index contributed by atoms with van der Waals surface area (Å²) < 4.78 is 0. The highest BCUT2D eigenvalue weighted by molar-refractivity contribution is 7.13. The van der Waals surface area contributed by atoms with Gasteiger partial charge in [-0.25, -0.2) is 15.4 Å². The molecule has 0 fully saturated rings. The molecule has 0 radical (unpaired) electrons. The Balaban J connectivity index is 1.55. The lowest BCUT2D eigenvalue weighted by molar-refractivity contribution is -0.384. The van der Waals surface area contributed by atoms with Crippen molar-refractivity contribution >= 4 is 51.6 Å². The van der Waals surface area contributed by atoms with Crippen LogP contribution in [0.3, 0.4) is 0 Å². The van der Waals surface area contributed by atoms with Gasteiger partial charge in [-0.2, -0.15) is 10.2 Å². The minimum absolute atomic E-state index is 0.0672. The van der Waals surface area contributed by atoms with Crippen LogP contribution in [-0.2, 0) is 4.79 Å². The molecular formula is C21H15N7O3S. The summed E-state index contributed by atoms with van der Waals surface area (Å²) in [6.45, 7) is 0. The maximum absolute atomic E-state index is 12.8. The predicted octanol–water partition coefficient (Wildman–Crippen LogP) is 3.57. The van der Waals surface area contributed by atoms with Gasteiger partial charge < -0.3 is 0 Å². The summed E-state index contributed by atoms with van der Waals surface area (Å²) in [7, 11) is 0. The quantitative estimate of drug-likeness (QED) is 0.254. The first-order valence-corrected chi connectivity index (χ1v) is 10.1. The number of aromatic nitrogens is 2. The number of non-ortho nitro benzene ring substituents is 1. The van der Waals surface area contributed by atoms with Crippen LogP contribution in [0.2, 0.25) is 0 Å². The van der Waals surface area contributed by atoms with Gasteiger partial charge in [0.05, 0.1) is 21.5 Å². The first-order valence-electron chi connectivity index (χ1n) is 9.27. The smallest absolute Gasteiger partial charge is 0.265 e. The Kier molecular flexibility index (Phi) is 6.18. The number of carbonyl (C=O) groups excluding carboxylic acids is 1. The van der Waals surface area contributed by atoms with Gasteiger partial charge in [-0.3, -0.25) is 20.3 Å². The molecular weight excluding hydrogens is 430 g/mol. The lowest BCUT2D eigenvalue weighted by atomic mass is 10.2. The van der Waals surface area contributed by atoms with Crippen molar-refractivity contribution < 1.29 is 9.72 Å². The van der Waals surface area contributed by atoms with Crippen molar-refractivity contribution in [2.45, 2.75) is 0 Å². The van der Waals surface area contributed by atoms with Gasteiger partial charge in [-0.15, -0.1) is 11.3 Å². The fourth-order valence-corrected chi connectivity index (χ4v) is 3.48. The van der Waals surface area contributed by atoms with Crippen molar-refractivity contribution in [1.82, 2.24) is 15.4 Å². The zero-order chi connectivity index (χ0) is 22.3. The topological polar surface area (TPSA) is 135 Å². The molecule has 11 heteroatoms. The number of thiophene rings is 1. The number of nitrogens with zero attached hydrogens (tertiary/aromatic N) is 5. The van der Waals surface area contributed by atoms with Crippen molar-refractivity contribution in [3.63, 3.8) is 0 Å². The van der Waals surface area contributed by atoms with E-state index >= 15 is 0 Å². The second kappa shape index (κ2) is 9.53. The third-order valence-electron chi connectivity index (χ3n) is 4.25. The fraction of sp³-hybridized carbons (Fsp3) is 0. The summed E-state index contributed by atoms with van der Waals surface area (Å²) in [4.78, 5) is 32.2. The number of para-hydroxylation sites is 1. The molecule has 10 nitrogen and oxygen atoms in total. The molecule has 4 rings (SSSR count). The highest BCUT2D eigenvalue weighted by Crippen LogP contribution is 2.19. The summed E-state index contributed by atoms with van der Waals surface area (Å²) >= 11 is 1.34. The van der Waals surface area contributed by atoms with Crippen LogP contribution in [0.5, 0.6) is 0 Å². The van der Waals surface area contributed by atoms with E-state index in [0.717, 1.165) is 10.9 Å². The van der Waals surface area contributed by atoms with E-state index in [-0.39, 0.29) is 11.4 Å². The van der Waals surface area contributed by atoms with E-state index < -0.39 is 10.8 Å². The number of rotatable bonds is 7. The van der Waals surface area contributed by atoms with E-state index in [1.807, 2.05) is 29.6 Å². The van der Waals surface area contributed by atoms with Gasteiger partial charge >= 0.3 is 0 Å². The number of hydrogen-bond donors (Lipinski definition) is 2. The van der Waals surface area contributed by atoms with Crippen molar-refractivity contribution in [3.05, 3.63) is 92.9 Å². The molecule has 0 saturated heterocycles. The summed E-state index contributed by atoms with van der Waals surface area (Å²) in [5.74, 6) is -0.0995. The number of fused-ring (bicyclic) bond motifs is 1. The number of hydrogen-bond acceptors (Lipinski definition) is 9. The van der Waals surface area contributed by atoms with E-state index in [1.165, 1.54) is 42.1 Å². The SMILES string of the molecule is O=C(NN=Cc1cccc([N+](=O)[O-])c1)C(=NNc1ncnc2ccccc12)c1cccs1. The maximum atomic E-state index is 12.8. The van der Waals surface area contributed by atoms with Crippen LogP contribution >= 0.6 is 11.3 Å². The monoisotopic (exact) mass is 445 g/mol. The van der Waals surface area contributed by atoms with E-state index in [1.54, 1.807) is 18.2 Å². The number of carbonyl (C=O) groups is 1. The number of nitrogens with one attached hydrogen (secondary N) is 2. The lowest BCUT2D eigenvalue weighted by Gasteiger charge is -2.06. The van der Waals surface area contributed by atoms with Crippen molar-refractivity contribution in [2.24, 2.45) is 10.2 Å². The average Bonchev–Trinajstić information content (AvgIpc) is 3.34. The number of nitro benzene ring substituents is 1. The van der Waals surface area contributed by atoms with Crippen molar-refractivity contribution in [3.8, 4) is 0 Å². The molecule has 0 aliphatic heterocycles. The molecule has 0 aliphatic carbocycles. The Morgan fingerprint density at radius 1 is 1.09 bits per heavy atom. The number of anilines is 1. The van der Waals surface area contributed by atoms with Gasteiger partial charge in [-0.05, 0) is 23.6 Å². The van der Waals surface area contributed by atoms with Crippen LogP contribution in [0.25, 0.3) is 10.9 Å². The number of amides is 1. The van der Waals surface area contributed by atoms with Crippen molar-refractivity contribution in [2.75, 3.05) is 5.43 Å². The van der Waals surface area contributed by atoms with Crippen LogP contribution in [0, 0.1) is 10.1 Å². The zero-order valence-corrected chi connectivity index (χ0v) is 17.2. The van der Waals surface area contributed by atoms with Crippen molar-refractivity contribution in [1.29, 1.82) is 0 Å². The van der Waals surface area contributed by atoms with Gasteiger partial charge in [0, 0.05) is 23.1 Å². The zero-order valence-electron chi connectivity index (χ0n) is 16.4. The summed E-state index contributed by atoms with van der Waals surface area (Å²) in [5, 5.41) is 21.6. The summed E-state index contributed by atoms with van der Waals surface area (Å²) in [5.41, 5.74) is 6.50. The molecule has 0 spiro atoms. The Labute approximate surface area is 185 Å². The second-order valence-corrected chi connectivity index (χ2v) is 7.29. The first kappa shape index (κ1) is 20.8. The highest BCUT2D eigenvalue weighted by Gasteiger charge is 2.15. The number of nitro groups is 1.